The van der Waals surface area contributed by atoms with Crippen molar-refractivity contribution in [3.05, 3.63) is 35.9 Å². The summed E-state index contributed by atoms with van der Waals surface area (Å²) in [6, 6.07) is 9.46. The first-order chi connectivity index (χ1) is 11.8. The molecule has 25 heavy (non-hydrogen) atoms. The summed E-state index contributed by atoms with van der Waals surface area (Å²) in [7, 11) is -2.29. The molecule has 1 aromatic rings. The quantitative estimate of drug-likeness (QED) is 0.801. The second kappa shape index (κ2) is 6.76. The van der Waals surface area contributed by atoms with Crippen molar-refractivity contribution in [2.24, 2.45) is 5.92 Å². The molecular formula is C17H23N3O4S. The topological polar surface area (TPSA) is 78.0 Å². The zero-order chi connectivity index (χ0) is 18.2. The van der Waals surface area contributed by atoms with Crippen LogP contribution in [0.2, 0.25) is 0 Å². The lowest BCUT2D eigenvalue weighted by atomic mass is 10.1. The Morgan fingerprint density at radius 2 is 1.88 bits per heavy atom. The molecule has 0 spiro atoms. The van der Waals surface area contributed by atoms with E-state index in [4.69, 9.17) is 0 Å². The number of carbonyl (C=O) groups is 2. The molecule has 0 radical (unpaired) electrons. The summed E-state index contributed by atoms with van der Waals surface area (Å²) in [5, 5.41) is 0. The van der Waals surface area contributed by atoms with Crippen LogP contribution in [-0.2, 0) is 19.8 Å². The number of nitrogens with zero attached hydrogens (tertiary/aromatic N) is 3. The summed E-state index contributed by atoms with van der Waals surface area (Å²) in [6.45, 7) is 2.77. The lowest BCUT2D eigenvalue weighted by Crippen LogP contribution is -2.52. The fourth-order valence-corrected chi connectivity index (χ4v) is 4.88. The molecule has 2 aliphatic rings. The second-order valence-electron chi connectivity index (χ2n) is 6.63. The maximum absolute atomic E-state index is 12.8. The zero-order valence-electron chi connectivity index (χ0n) is 14.5. The van der Waals surface area contributed by atoms with Crippen LogP contribution in [-0.4, -0.2) is 60.4 Å². The van der Waals surface area contributed by atoms with Crippen molar-refractivity contribution < 1.29 is 18.0 Å². The number of carbonyl (C=O) groups excluding carboxylic acids is 2. The summed E-state index contributed by atoms with van der Waals surface area (Å²) < 4.78 is 26.8. The van der Waals surface area contributed by atoms with Crippen LogP contribution in [0.25, 0.3) is 0 Å². The zero-order valence-corrected chi connectivity index (χ0v) is 15.3. The number of rotatable bonds is 3. The SMILES string of the molecule is CC(c1ccccc1)N1CC(C(=O)N2CCCN(C)S2(=O)=O)CC1=O. The molecule has 3 rings (SSSR count). The van der Waals surface area contributed by atoms with Gasteiger partial charge < -0.3 is 4.90 Å². The molecular weight excluding hydrogens is 342 g/mol. The molecule has 136 valence electrons. The van der Waals surface area contributed by atoms with Gasteiger partial charge in [-0.05, 0) is 18.9 Å². The molecule has 2 saturated heterocycles. The highest BCUT2D eigenvalue weighted by atomic mass is 32.2. The van der Waals surface area contributed by atoms with Crippen LogP contribution in [0.4, 0.5) is 0 Å². The van der Waals surface area contributed by atoms with Crippen molar-refractivity contribution >= 4 is 22.0 Å². The standard InChI is InChI=1S/C17H23N3O4S/c1-13(14-7-4-3-5-8-14)19-12-15(11-16(19)21)17(22)20-10-6-9-18(2)25(20,23)24/h3-5,7-8,13,15H,6,9-12H2,1-2H3. The molecule has 8 heteroatoms. The maximum atomic E-state index is 12.8. The molecule has 0 N–H and O–H groups in total. The predicted molar refractivity (Wildman–Crippen MR) is 92.6 cm³/mol. The van der Waals surface area contributed by atoms with Gasteiger partial charge in [-0.2, -0.15) is 12.7 Å². The van der Waals surface area contributed by atoms with Gasteiger partial charge in [0.25, 0.3) is 0 Å². The van der Waals surface area contributed by atoms with Crippen LogP contribution < -0.4 is 0 Å². The molecule has 2 amide bonds. The Kier molecular flexibility index (Phi) is 4.83. The smallest absolute Gasteiger partial charge is 0.306 e. The summed E-state index contributed by atoms with van der Waals surface area (Å²) in [5.74, 6) is -1.19. The number of benzene rings is 1. The number of hydrogen-bond acceptors (Lipinski definition) is 4. The van der Waals surface area contributed by atoms with Crippen LogP contribution in [0.15, 0.2) is 30.3 Å². The van der Waals surface area contributed by atoms with E-state index in [9.17, 15) is 18.0 Å². The number of hydrogen-bond donors (Lipinski definition) is 0. The highest BCUT2D eigenvalue weighted by Crippen LogP contribution is 2.30. The van der Waals surface area contributed by atoms with Gasteiger partial charge in [0.1, 0.15) is 0 Å². The largest absolute Gasteiger partial charge is 0.335 e. The first-order valence-corrected chi connectivity index (χ1v) is 9.84. The van der Waals surface area contributed by atoms with Gasteiger partial charge >= 0.3 is 10.2 Å². The molecule has 0 aromatic heterocycles. The van der Waals surface area contributed by atoms with Gasteiger partial charge in [0.15, 0.2) is 0 Å². The third-order valence-corrected chi connectivity index (χ3v) is 6.90. The van der Waals surface area contributed by atoms with Gasteiger partial charge in [-0.1, -0.05) is 30.3 Å². The van der Waals surface area contributed by atoms with Gasteiger partial charge in [-0.25, -0.2) is 4.31 Å². The minimum absolute atomic E-state index is 0.0613. The summed E-state index contributed by atoms with van der Waals surface area (Å²) in [6.07, 6.45) is 0.665. The Bertz CT molecular complexity index is 765. The van der Waals surface area contributed by atoms with E-state index in [1.54, 1.807) is 4.90 Å². The van der Waals surface area contributed by atoms with E-state index in [2.05, 4.69) is 0 Å². The van der Waals surface area contributed by atoms with E-state index in [1.165, 1.54) is 11.4 Å². The second-order valence-corrected chi connectivity index (χ2v) is 8.59. The number of likely N-dealkylation sites (tertiary alicyclic amines) is 1. The van der Waals surface area contributed by atoms with E-state index < -0.39 is 22.0 Å². The molecule has 0 bridgehead atoms. The van der Waals surface area contributed by atoms with Crippen LogP contribution in [0, 0.1) is 5.92 Å². The third-order valence-electron chi connectivity index (χ3n) is 5.01. The van der Waals surface area contributed by atoms with Crippen molar-refractivity contribution in [3.63, 3.8) is 0 Å². The summed E-state index contributed by atoms with van der Waals surface area (Å²) in [5.41, 5.74) is 0.995. The summed E-state index contributed by atoms with van der Waals surface area (Å²) in [4.78, 5) is 26.8. The molecule has 1 aromatic carbocycles. The molecule has 0 saturated carbocycles. The minimum Gasteiger partial charge on any atom is -0.335 e. The van der Waals surface area contributed by atoms with E-state index in [1.807, 2.05) is 37.3 Å². The van der Waals surface area contributed by atoms with Crippen molar-refractivity contribution in [2.75, 3.05) is 26.7 Å². The van der Waals surface area contributed by atoms with Crippen molar-refractivity contribution in [1.82, 2.24) is 13.5 Å². The fraction of sp³-hybridized carbons (Fsp3) is 0.529. The van der Waals surface area contributed by atoms with Crippen LogP contribution in [0.3, 0.4) is 0 Å². The average Bonchev–Trinajstić information content (AvgIpc) is 2.98. The van der Waals surface area contributed by atoms with Gasteiger partial charge in [-0.3, -0.25) is 9.59 Å². The molecule has 7 nitrogen and oxygen atoms in total. The molecule has 2 atom stereocenters. The Balaban J connectivity index is 1.75. The van der Waals surface area contributed by atoms with E-state index in [0.717, 1.165) is 9.87 Å². The predicted octanol–water partition coefficient (Wildman–Crippen LogP) is 1.00. The Labute approximate surface area is 148 Å². The molecule has 2 unspecified atom stereocenters. The summed E-state index contributed by atoms with van der Waals surface area (Å²) >= 11 is 0. The van der Waals surface area contributed by atoms with Crippen molar-refractivity contribution in [3.8, 4) is 0 Å². The molecule has 0 aliphatic carbocycles. The Morgan fingerprint density at radius 3 is 2.56 bits per heavy atom. The highest BCUT2D eigenvalue weighted by Gasteiger charge is 2.43. The molecule has 2 heterocycles. The van der Waals surface area contributed by atoms with Gasteiger partial charge in [0, 0.05) is 33.1 Å². The molecule has 2 fully saturated rings. The Morgan fingerprint density at radius 1 is 1.20 bits per heavy atom. The molecule has 2 aliphatic heterocycles. The van der Waals surface area contributed by atoms with Crippen molar-refractivity contribution in [2.45, 2.75) is 25.8 Å². The van der Waals surface area contributed by atoms with Gasteiger partial charge in [0.2, 0.25) is 11.8 Å². The maximum Gasteiger partial charge on any atom is 0.306 e. The van der Waals surface area contributed by atoms with Gasteiger partial charge in [0.05, 0.1) is 12.0 Å². The van der Waals surface area contributed by atoms with Crippen molar-refractivity contribution in [1.29, 1.82) is 0 Å². The highest BCUT2D eigenvalue weighted by molar-refractivity contribution is 7.87. The van der Waals surface area contributed by atoms with E-state index in [0.29, 0.717) is 13.0 Å². The first-order valence-electron chi connectivity index (χ1n) is 8.44. The lowest BCUT2D eigenvalue weighted by Gasteiger charge is -2.33. The first kappa shape index (κ1) is 17.9. The minimum atomic E-state index is -3.76. The van der Waals surface area contributed by atoms with Gasteiger partial charge in [-0.15, -0.1) is 0 Å². The van der Waals surface area contributed by atoms with E-state index >= 15 is 0 Å². The fourth-order valence-electron chi connectivity index (χ4n) is 3.45. The third kappa shape index (κ3) is 3.28. The number of amides is 2. The average molecular weight is 365 g/mol. The van der Waals surface area contributed by atoms with E-state index in [-0.39, 0.29) is 31.5 Å². The Hall–Kier alpha value is -1.93. The van der Waals surface area contributed by atoms with Crippen LogP contribution in [0.5, 0.6) is 0 Å². The normalized spacial score (nSPS) is 25.2. The monoisotopic (exact) mass is 365 g/mol. The van der Waals surface area contributed by atoms with Crippen LogP contribution >= 0.6 is 0 Å². The lowest BCUT2D eigenvalue weighted by molar-refractivity contribution is -0.132. The van der Waals surface area contributed by atoms with Crippen LogP contribution in [0.1, 0.15) is 31.4 Å².